The standard InChI is InChI=1S/C15H22N2O2/c1-14(9-6-10-19-14)11-17-13(18)15(2,16)12-7-4-3-5-8-12/h3-5,7-8H,6,9-11,16H2,1-2H3,(H,17,18). The van der Waals surface area contributed by atoms with Crippen molar-refractivity contribution in [2.24, 2.45) is 5.73 Å². The van der Waals surface area contributed by atoms with Gasteiger partial charge in [0.15, 0.2) is 0 Å². The molecular formula is C15H22N2O2. The second kappa shape index (κ2) is 5.31. The highest BCUT2D eigenvalue weighted by atomic mass is 16.5. The van der Waals surface area contributed by atoms with Gasteiger partial charge in [-0.15, -0.1) is 0 Å². The van der Waals surface area contributed by atoms with Crippen LogP contribution in [0, 0.1) is 0 Å². The van der Waals surface area contributed by atoms with Crippen molar-refractivity contribution in [1.82, 2.24) is 5.32 Å². The van der Waals surface area contributed by atoms with Gasteiger partial charge in [-0.2, -0.15) is 0 Å². The van der Waals surface area contributed by atoms with E-state index >= 15 is 0 Å². The Hall–Kier alpha value is -1.39. The molecule has 4 heteroatoms. The molecule has 0 aromatic heterocycles. The van der Waals surface area contributed by atoms with E-state index in [0.717, 1.165) is 25.0 Å². The fourth-order valence-electron chi connectivity index (χ4n) is 2.34. The van der Waals surface area contributed by atoms with Gasteiger partial charge >= 0.3 is 0 Å². The van der Waals surface area contributed by atoms with Crippen LogP contribution in [-0.4, -0.2) is 24.7 Å². The van der Waals surface area contributed by atoms with Crippen LogP contribution >= 0.6 is 0 Å². The molecule has 1 aliphatic heterocycles. The van der Waals surface area contributed by atoms with Gasteiger partial charge in [0.1, 0.15) is 5.54 Å². The summed E-state index contributed by atoms with van der Waals surface area (Å²) in [5, 5.41) is 2.91. The van der Waals surface area contributed by atoms with Crippen LogP contribution in [0.2, 0.25) is 0 Å². The highest BCUT2D eigenvalue weighted by molar-refractivity contribution is 5.87. The SMILES string of the molecule is CC1(CNC(=O)C(C)(N)c2ccccc2)CCCO1. The number of nitrogens with two attached hydrogens (primary N) is 1. The summed E-state index contributed by atoms with van der Waals surface area (Å²) in [6.07, 6.45) is 2.02. The topological polar surface area (TPSA) is 64.4 Å². The van der Waals surface area contributed by atoms with E-state index in [1.807, 2.05) is 37.3 Å². The van der Waals surface area contributed by atoms with Crippen molar-refractivity contribution < 1.29 is 9.53 Å². The second-order valence-electron chi connectivity index (χ2n) is 5.65. The maximum atomic E-state index is 12.3. The maximum Gasteiger partial charge on any atom is 0.244 e. The number of carbonyl (C=O) groups excluding carboxylic acids is 1. The highest BCUT2D eigenvalue weighted by Crippen LogP contribution is 2.24. The molecule has 1 saturated heterocycles. The summed E-state index contributed by atoms with van der Waals surface area (Å²) in [5.74, 6) is -0.171. The third-order valence-corrected chi connectivity index (χ3v) is 3.77. The van der Waals surface area contributed by atoms with Crippen LogP contribution in [-0.2, 0) is 15.1 Å². The lowest BCUT2D eigenvalue weighted by Gasteiger charge is -2.28. The van der Waals surface area contributed by atoms with E-state index in [4.69, 9.17) is 10.5 Å². The molecule has 2 rings (SSSR count). The Morgan fingerprint density at radius 1 is 1.47 bits per heavy atom. The van der Waals surface area contributed by atoms with Crippen molar-refractivity contribution in [1.29, 1.82) is 0 Å². The molecular weight excluding hydrogens is 240 g/mol. The minimum Gasteiger partial charge on any atom is -0.373 e. The molecule has 0 bridgehead atoms. The van der Waals surface area contributed by atoms with E-state index in [1.165, 1.54) is 0 Å². The Bertz CT molecular complexity index is 437. The fourth-order valence-corrected chi connectivity index (χ4v) is 2.34. The van der Waals surface area contributed by atoms with Gasteiger partial charge in [-0.1, -0.05) is 30.3 Å². The first-order chi connectivity index (χ1) is 8.94. The largest absolute Gasteiger partial charge is 0.373 e. The van der Waals surface area contributed by atoms with Gasteiger partial charge in [0, 0.05) is 13.2 Å². The summed E-state index contributed by atoms with van der Waals surface area (Å²) < 4.78 is 5.65. The quantitative estimate of drug-likeness (QED) is 0.865. The smallest absolute Gasteiger partial charge is 0.244 e. The summed E-state index contributed by atoms with van der Waals surface area (Å²) in [7, 11) is 0. The van der Waals surface area contributed by atoms with Crippen LogP contribution in [0.25, 0.3) is 0 Å². The number of rotatable bonds is 4. The molecule has 19 heavy (non-hydrogen) atoms. The molecule has 2 atom stereocenters. The van der Waals surface area contributed by atoms with Crippen LogP contribution < -0.4 is 11.1 Å². The predicted octanol–water partition coefficient (Wildman–Crippen LogP) is 1.55. The van der Waals surface area contributed by atoms with E-state index in [9.17, 15) is 4.79 Å². The van der Waals surface area contributed by atoms with Crippen molar-refractivity contribution >= 4 is 5.91 Å². The Morgan fingerprint density at radius 2 is 2.16 bits per heavy atom. The van der Waals surface area contributed by atoms with Crippen molar-refractivity contribution in [3.8, 4) is 0 Å². The molecule has 0 aliphatic carbocycles. The number of benzene rings is 1. The highest BCUT2D eigenvalue weighted by Gasteiger charge is 2.34. The number of ether oxygens (including phenoxy) is 1. The molecule has 2 unspecified atom stereocenters. The Balaban J connectivity index is 1.99. The molecule has 1 aromatic carbocycles. The van der Waals surface area contributed by atoms with Crippen molar-refractivity contribution in [2.75, 3.05) is 13.2 Å². The van der Waals surface area contributed by atoms with E-state index in [0.29, 0.717) is 6.54 Å². The summed E-state index contributed by atoms with van der Waals surface area (Å²) in [4.78, 5) is 12.3. The van der Waals surface area contributed by atoms with Crippen LogP contribution in [0.3, 0.4) is 0 Å². The summed E-state index contributed by atoms with van der Waals surface area (Å²) in [5.41, 5.74) is 5.70. The monoisotopic (exact) mass is 262 g/mol. The van der Waals surface area contributed by atoms with Crippen molar-refractivity contribution in [3.63, 3.8) is 0 Å². The zero-order chi connectivity index (χ0) is 13.9. The number of hydrogen-bond donors (Lipinski definition) is 2. The number of carbonyl (C=O) groups is 1. The number of nitrogens with one attached hydrogen (secondary N) is 1. The zero-order valence-corrected chi connectivity index (χ0v) is 11.6. The third kappa shape index (κ3) is 3.14. The zero-order valence-electron chi connectivity index (χ0n) is 11.6. The number of amides is 1. The van der Waals surface area contributed by atoms with Crippen LogP contribution in [0.4, 0.5) is 0 Å². The third-order valence-electron chi connectivity index (χ3n) is 3.77. The Kier molecular flexibility index (Phi) is 3.92. The molecule has 3 N–H and O–H groups in total. The number of hydrogen-bond acceptors (Lipinski definition) is 3. The average Bonchev–Trinajstić information content (AvgIpc) is 2.84. The average molecular weight is 262 g/mol. The van der Waals surface area contributed by atoms with Gasteiger partial charge in [0.2, 0.25) is 5.91 Å². The van der Waals surface area contributed by atoms with E-state index in [2.05, 4.69) is 5.32 Å². The van der Waals surface area contributed by atoms with Crippen LogP contribution in [0.1, 0.15) is 32.3 Å². The molecule has 1 fully saturated rings. The molecule has 1 aromatic rings. The predicted molar refractivity (Wildman–Crippen MR) is 74.6 cm³/mol. The van der Waals surface area contributed by atoms with Crippen molar-refractivity contribution in [2.45, 2.75) is 37.8 Å². The van der Waals surface area contributed by atoms with Gasteiger partial charge in [-0.25, -0.2) is 0 Å². The minimum atomic E-state index is -1.02. The minimum absolute atomic E-state index is 0.171. The Labute approximate surface area is 114 Å². The molecule has 1 heterocycles. The normalized spacial score (nSPS) is 25.8. The molecule has 1 amide bonds. The molecule has 0 saturated carbocycles. The fraction of sp³-hybridized carbons (Fsp3) is 0.533. The first-order valence-corrected chi connectivity index (χ1v) is 6.71. The first kappa shape index (κ1) is 14.0. The molecule has 1 aliphatic rings. The van der Waals surface area contributed by atoms with Gasteiger partial charge in [0.25, 0.3) is 0 Å². The molecule has 4 nitrogen and oxygen atoms in total. The molecule has 0 spiro atoms. The Morgan fingerprint density at radius 3 is 2.74 bits per heavy atom. The van der Waals surface area contributed by atoms with Gasteiger partial charge in [-0.3, -0.25) is 4.79 Å². The summed E-state index contributed by atoms with van der Waals surface area (Å²) in [6, 6.07) is 9.41. The van der Waals surface area contributed by atoms with E-state index < -0.39 is 5.54 Å². The van der Waals surface area contributed by atoms with E-state index in [-0.39, 0.29) is 11.5 Å². The summed E-state index contributed by atoms with van der Waals surface area (Å²) >= 11 is 0. The maximum absolute atomic E-state index is 12.3. The van der Waals surface area contributed by atoms with Crippen molar-refractivity contribution in [3.05, 3.63) is 35.9 Å². The van der Waals surface area contributed by atoms with Crippen LogP contribution in [0.15, 0.2) is 30.3 Å². The lowest BCUT2D eigenvalue weighted by molar-refractivity contribution is -0.127. The second-order valence-corrected chi connectivity index (χ2v) is 5.65. The molecule has 0 radical (unpaired) electrons. The van der Waals surface area contributed by atoms with Gasteiger partial charge in [-0.05, 0) is 32.3 Å². The summed E-state index contributed by atoms with van der Waals surface area (Å²) in [6.45, 7) is 5.03. The van der Waals surface area contributed by atoms with Gasteiger partial charge < -0.3 is 15.8 Å². The van der Waals surface area contributed by atoms with Gasteiger partial charge in [0.05, 0.1) is 5.60 Å². The molecule has 104 valence electrons. The van der Waals surface area contributed by atoms with E-state index in [1.54, 1.807) is 6.92 Å². The lowest BCUT2D eigenvalue weighted by Crippen LogP contribution is -2.52. The lowest BCUT2D eigenvalue weighted by atomic mass is 9.92. The van der Waals surface area contributed by atoms with Crippen LogP contribution in [0.5, 0.6) is 0 Å². The first-order valence-electron chi connectivity index (χ1n) is 6.71.